The molecule has 1 N–H and O–H groups in total. The van der Waals surface area contributed by atoms with E-state index in [4.69, 9.17) is 0 Å². The van der Waals surface area contributed by atoms with Crippen LogP contribution in [0, 0.1) is 0 Å². The predicted octanol–water partition coefficient (Wildman–Crippen LogP) is 4.41. The van der Waals surface area contributed by atoms with E-state index in [1.165, 1.54) is 16.3 Å². The Morgan fingerprint density at radius 3 is 2.42 bits per heavy atom. The fourth-order valence-electron chi connectivity index (χ4n) is 2.26. The number of rotatable bonds is 3. The monoisotopic (exact) mass is 248 g/mol. The lowest BCUT2D eigenvalue weighted by Crippen LogP contribution is -2.06. The van der Waals surface area contributed by atoms with Crippen molar-refractivity contribution in [3.63, 3.8) is 0 Å². The average Bonchev–Trinajstić information content (AvgIpc) is 2.48. The second-order valence-corrected chi connectivity index (χ2v) is 4.71. The SMILES string of the molecule is CC(Nc1ccc2ccccc2c1)c1ccncc1. The highest BCUT2D eigenvalue weighted by Crippen LogP contribution is 2.23. The van der Waals surface area contributed by atoms with Gasteiger partial charge in [-0.15, -0.1) is 0 Å². The minimum atomic E-state index is 0.268. The molecule has 0 saturated carbocycles. The van der Waals surface area contributed by atoms with E-state index in [1.807, 2.05) is 24.5 Å². The minimum absolute atomic E-state index is 0.268. The molecule has 0 spiro atoms. The van der Waals surface area contributed by atoms with Crippen molar-refractivity contribution in [2.24, 2.45) is 0 Å². The van der Waals surface area contributed by atoms with E-state index in [2.05, 4.69) is 59.7 Å². The number of pyridine rings is 1. The summed E-state index contributed by atoms with van der Waals surface area (Å²) < 4.78 is 0. The molecule has 94 valence electrons. The van der Waals surface area contributed by atoms with E-state index in [0.717, 1.165) is 5.69 Å². The molecule has 1 heterocycles. The average molecular weight is 248 g/mol. The highest BCUT2D eigenvalue weighted by Gasteiger charge is 2.04. The van der Waals surface area contributed by atoms with E-state index >= 15 is 0 Å². The van der Waals surface area contributed by atoms with Crippen LogP contribution in [0.1, 0.15) is 18.5 Å². The van der Waals surface area contributed by atoms with Crippen LogP contribution in [-0.4, -0.2) is 4.98 Å². The first-order chi connectivity index (χ1) is 9.33. The maximum Gasteiger partial charge on any atom is 0.0486 e. The van der Waals surface area contributed by atoms with Crippen molar-refractivity contribution in [1.29, 1.82) is 0 Å². The van der Waals surface area contributed by atoms with Crippen molar-refractivity contribution in [1.82, 2.24) is 4.98 Å². The number of benzene rings is 2. The van der Waals surface area contributed by atoms with Gasteiger partial charge in [0.2, 0.25) is 0 Å². The number of fused-ring (bicyclic) bond motifs is 1. The first-order valence-electron chi connectivity index (χ1n) is 6.48. The predicted molar refractivity (Wildman–Crippen MR) is 80.2 cm³/mol. The molecule has 0 bridgehead atoms. The summed E-state index contributed by atoms with van der Waals surface area (Å²) in [4.78, 5) is 4.05. The number of nitrogens with one attached hydrogen (secondary N) is 1. The lowest BCUT2D eigenvalue weighted by Gasteiger charge is -2.16. The second kappa shape index (κ2) is 5.11. The van der Waals surface area contributed by atoms with E-state index in [-0.39, 0.29) is 6.04 Å². The molecule has 2 aromatic carbocycles. The summed E-state index contributed by atoms with van der Waals surface area (Å²) in [6, 6.07) is 19.2. The molecule has 0 aliphatic rings. The standard InChI is InChI=1S/C17H16N2/c1-13(14-8-10-18-11-9-14)19-17-7-6-15-4-2-3-5-16(15)12-17/h2-13,19H,1H3. The molecule has 1 atom stereocenters. The van der Waals surface area contributed by atoms with Gasteiger partial charge in [0.25, 0.3) is 0 Å². The van der Waals surface area contributed by atoms with Gasteiger partial charge >= 0.3 is 0 Å². The molecule has 0 amide bonds. The van der Waals surface area contributed by atoms with Crippen molar-refractivity contribution >= 4 is 16.5 Å². The van der Waals surface area contributed by atoms with Crippen molar-refractivity contribution in [3.8, 4) is 0 Å². The molecule has 3 rings (SSSR count). The van der Waals surface area contributed by atoms with Gasteiger partial charge in [-0.3, -0.25) is 4.98 Å². The highest BCUT2D eigenvalue weighted by atomic mass is 14.9. The zero-order valence-corrected chi connectivity index (χ0v) is 10.9. The van der Waals surface area contributed by atoms with Crippen molar-refractivity contribution in [2.45, 2.75) is 13.0 Å². The summed E-state index contributed by atoms with van der Waals surface area (Å²) in [5.74, 6) is 0. The lowest BCUT2D eigenvalue weighted by atomic mass is 10.1. The highest BCUT2D eigenvalue weighted by molar-refractivity contribution is 5.85. The van der Waals surface area contributed by atoms with Crippen LogP contribution in [-0.2, 0) is 0 Å². The first kappa shape index (κ1) is 11.7. The van der Waals surface area contributed by atoms with Crippen LogP contribution in [0.2, 0.25) is 0 Å². The number of nitrogens with zero attached hydrogens (tertiary/aromatic N) is 1. The summed E-state index contributed by atoms with van der Waals surface area (Å²) in [6.07, 6.45) is 3.65. The summed E-state index contributed by atoms with van der Waals surface area (Å²) in [5, 5.41) is 6.05. The summed E-state index contributed by atoms with van der Waals surface area (Å²) >= 11 is 0. The number of aromatic nitrogens is 1. The van der Waals surface area contributed by atoms with Crippen molar-refractivity contribution in [2.75, 3.05) is 5.32 Å². The molecule has 19 heavy (non-hydrogen) atoms. The lowest BCUT2D eigenvalue weighted by molar-refractivity contribution is 0.881. The van der Waals surface area contributed by atoms with E-state index < -0.39 is 0 Å². The maximum atomic E-state index is 4.05. The van der Waals surface area contributed by atoms with Crippen LogP contribution in [0.4, 0.5) is 5.69 Å². The van der Waals surface area contributed by atoms with Crippen LogP contribution in [0.15, 0.2) is 67.0 Å². The molecular weight excluding hydrogens is 232 g/mol. The van der Waals surface area contributed by atoms with Crippen LogP contribution in [0.3, 0.4) is 0 Å². The number of hydrogen-bond donors (Lipinski definition) is 1. The maximum absolute atomic E-state index is 4.05. The third kappa shape index (κ3) is 2.58. The van der Waals surface area contributed by atoms with Gasteiger partial charge in [0, 0.05) is 24.1 Å². The Bertz CT molecular complexity index is 677. The van der Waals surface area contributed by atoms with Gasteiger partial charge in [-0.05, 0) is 47.5 Å². The normalized spacial score (nSPS) is 12.3. The van der Waals surface area contributed by atoms with Crippen LogP contribution in [0.25, 0.3) is 10.8 Å². The van der Waals surface area contributed by atoms with Gasteiger partial charge in [0.15, 0.2) is 0 Å². The molecule has 0 aliphatic heterocycles. The van der Waals surface area contributed by atoms with Crippen LogP contribution >= 0.6 is 0 Å². The van der Waals surface area contributed by atoms with Crippen LogP contribution in [0.5, 0.6) is 0 Å². The Labute approximate surface area is 113 Å². The fraction of sp³-hybridized carbons (Fsp3) is 0.118. The summed E-state index contributed by atoms with van der Waals surface area (Å²) in [5.41, 5.74) is 2.38. The zero-order chi connectivity index (χ0) is 13.1. The topological polar surface area (TPSA) is 24.9 Å². The Kier molecular flexibility index (Phi) is 3.15. The molecule has 0 aliphatic carbocycles. The van der Waals surface area contributed by atoms with E-state index in [1.54, 1.807) is 0 Å². The van der Waals surface area contributed by atoms with Gasteiger partial charge in [-0.25, -0.2) is 0 Å². The number of hydrogen-bond acceptors (Lipinski definition) is 2. The van der Waals surface area contributed by atoms with Gasteiger partial charge in [0.1, 0.15) is 0 Å². The van der Waals surface area contributed by atoms with E-state index in [9.17, 15) is 0 Å². The Morgan fingerprint density at radius 2 is 1.63 bits per heavy atom. The summed E-state index contributed by atoms with van der Waals surface area (Å²) in [6.45, 7) is 2.16. The molecule has 2 heteroatoms. The second-order valence-electron chi connectivity index (χ2n) is 4.71. The summed E-state index contributed by atoms with van der Waals surface area (Å²) in [7, 11) is 0. The van der Waals surface area contributed by atoms with Crippen LogP contribution < -0.4 is 5.32 Å². The fourth-order valence-corrected chi connectivity index (χ4v) is 2.26. The Balaban J connectivity index is 1.85. The van der Waals surface area contributed by atoms with Gasteiger partial charge in [-0.2, -0.15) is 0 Å². The van der Waals surface area contributed by atoms with Gasteiger partial charge < -0.3 is 5.32 Å². The minimum Gasteiger partial charge on any atom is -0.379 e. The van der Waals surface area contributed by atoms with Crippen molar-refractivity contribution in [3.05, 3.63) is 72.6 Å². The Morgan fingerprint density at radius 1 is 0.895 bits per heavy atom. The smallest absolute Gasteiger partial charge is 0.0486 e. The molecule has 2 nitrogen and oxygen atoms in total. The molecule has 1 aromatic heterocycles. The molecule has 0 fully saturated rings. The molecule has 3 aromatic rings. The molecule has 1 unspecified atom stereocenters. The molecular formula is C17H16N2. The van der Waals surface area contributed by atoms with Crippen molar-refractivity contribution < 1.29 is 0 Å². The largest absolute Gasteiger partial charge is 0.379 e. The molecule has 0 saturated heterocycles. The first-order valence-corrected chi connectivity index (χ1v) is 6.48. The quantitative estimate of drug-likeness (QED) is 0.742. The zero-order valence-electron chi connectivity index (χ0n) is 10.9. The third-order valence-electron chi connectivity index (χ3n) is 3.34. The number of anilines is 1. The Hall–Kier alpha value is -2.35. The third-order valence-corrected chi connectivity index (χ3v) is 3.34. The van der Waals surface area contributed by atoms with Gasteiger partial charge in [-0.1, -0.05) is 30.3 Å². The van der Waals surface area contributed by atoms with Gasteiger partial charge in [0.05, 0.1) is 0 Å². The van der Waals surface area contributed by atoms with E-state index in [0.29, 0.717) is 0 Å². The molecule has 0 radical (unpaired) electrons.